The molecule has 0 fully saturated rings. The van der Waals surface area contributed by atoms with E-state index in [0.717, 1.165) is 17.8 Å². The first-order valence-corrected chi connectivity index (χ1v) is 6.55. The van der Waals surface area contributed by atoms with E-state index in [4.69, 9.17) is 0 Å². The Balaban J connectivity index is 1.87. The van der Waals surface area contributed by atoms with Gasteiger partial charge in [-0.25, -0.2) is 4.39 Å². The highest BCUT2D eigenvalue weighted by molar-refractivity contribution is 5.29. The topological polar surface area (TPSA) is 49.9 Å². The van der Waals surface area contributed by atoms with E-state index in [1.54, 1.807) is 0 Å². The lowest BCUT2D eigenvalue weighted by molar-refractivity contribution is -0.0522. The van der Waals surface area contributed by atoms with E-state index in [1.165, 1.54) is 18.2 Å². The summed E-state index contributed by atoms with van der Waals surface area (Å²) < 4.78 is 41.6. The van der Waals surface area contributed by atoms with Crippen molar-refractivity contribution in [3.05, 3.63) is 47.0 Å². The fourth-order valence-corrected chi connectivity index (χ4v) is 1.87. The number of H-pyrrole nitrogens is 1. The van der Waals surface area contributed by atoms with Gasteiger partial charge in [0.25, 0.3) is 0 Å². The predicted molar refractivity (Wildman–Crippen MR) is 71.5 cm³/mol. The van der Waals surface area contributed by atoms with Gasteiger partial charge in [0.2, 0.25) is 0 Å². The quantitative estimate of drug-likeness (QED) is 0.826. The molecular weight excluding hydrogens is 283 g/mol. The number of alkyl halides is 2. The van der Waals surface area contributed by atoms with E-state index in [-0.39, 0.29) is 0 Å². The van der Waals surface area contributed by atoms with Gasteiger partial charge in [-0.2, -0.15) is 13.9 Å². The van der Waals surface area contributed by atoms with Crippen LogP contribution in [0.4, 0.5) is 13.2 Å². The first kappa shape index (κ1) is 15.4. The Morgan fingerprint density at radius 2 is 2.10 bits per heavy atom. The van der Waals surface area contributed by atoms with Crippen LogP contribution in [0.25, 0.3) is 0 Å². The largest absolute Gasteiger partial charge is 0.432 e. The highest BCUT2D eigenvalue weighted by Crippen LogP contribution is 2.20. The van der Waals surface area contributed by atoms with Crippen molar-refractivity contribution < 1.29 is 17.9 Å². The van der Waals surface area contributed by atoms with Gasteiger partial charge in [-0.1, -0.05) is 13.0 Å². The molecule has 1 aromatic heterocycles. The second-order valence-electron chi connectivity index (χ2n) is 4.48. The van der Waals surface area contributed by atoms with Gasteiger partial charge in [0, 0.05) is 18.8 Å². The zero-order chi connectivity index (χ0) is 15.2. The maximum atomic E-state index is 13.5. The molecule has 0 aliphatic rings. The summed E-state index contributed by atoms with van der Waals surface area (Å²) in [7, 11) is 0. The van der Waals surface area contributed by atoms with Crippen LogP contribution in [0.1, 0.15) is 23.9 Å². The third-order valence-corrected chi connectivity index (χ3v) is 2.90. The molecule has 0 aliphatic carbocycles. The summed E-state index contributed by atoms with van der Waals surface area (Å²) in [5, 5.41) is 10.1. The van der Waals surface area contributed by atoms with Crippen LogP contribution in [-0.4, -0.2) is 16.8 Å². The smallest absolute Gasteiger partial charge is 0.387 e. The first-order chi connectivity index (χ1) is 10.1. The maximum absolute atomic E-state index is 13.5. The maximum Gasteiger partial charge on any atom is 0.387 e. The molecule has 114 valence electrons. The highest BCUT2D eigenvalue weighted by atomic mass is 19.3. The third kappa shape index (κ3) is 4.49. The minimum atomic E-state index is -3.03. The Labute approximate surface area is 120 Å². The Morgan fingerprint density at radius 1 is 1.29 bits per heavy atom. The van der Waals surface area contributed by atoms with Gasteiger partial charge < -0.3 is 10.1 Å². The summed E-state index contributed by atoms with van der Waals surface area (Å²) in [6, 6.07) is 5.87. The average Bonchev–Trinajstić information content (AvgIpc) is 2.89. The Hall–Kier alpha value is -2.02. The van der Waals surface area contributed by atoms with Crippen molar-refractivity contribution >= 4 is 0 Å². The highest BCUT2D eigenvalue weighted by Gasteiger charge is 2.10. The lowest BCUT2D eigenvalue weighted by atomic mass is 10.2. The third-order valence-electron chi connectivity index (χ3n) is 2.90. The molecule has 21 heavy (non-hydrogen) atoms. The van der Waals surface area contributed by atoms with E-state index < -0.39 is 18.2 Å². The number of hydrogen-bond donors (Lipinski definition) is 2. The fourth-order valence-electron chi connectivity index (χ4n) is 1.87. The van der Waals surface area contributed by atoms with Gasteiger partial charge in [0.1, 0.15) is 0 Å². The monoisotopic (exact) mass is 299 g/mol. The van der Waals surface area contributed by atoms with Gasteiger partial charge in [-0.3, -0.25) is 5.10 Å². The van der Waals surface area contributed by atoms with Gasteiger partial charge in [0.15, 0.2) is 11.6 Å². The summed E-state index contributed by atoms with van der Waals surface area (Å²) in [5.41, 5.74) is 2.56. The van der Waals surface area contributed by atoms with Crippen molar-refractivity contribution in [3.63, 3.8) is 0 Å². The fraction of sp³-hybridized carbons (Fsp3) is 0.357. The lowest BCUT2D eigenvalue weighted by Gasteiger charge is -2.08. The van der Waals surface area contributed by atoms with Crippen molar-refractivity contribution in [1.82, 2.24) is 15.5 Å². The Morgan fingerprint density at radius 3 is 2.71 bits per heavy atom. The number of benzene rings is 1. The Bertz CT molecular complexity index is 587. The summed E-state index contributed by atoms with van der Waals surface area (Å²) in [6.45, 7) is -0.0493. The SMILES string of the molecule is CCc1cc(CNCc2ccc(OC(F)F)c(F)c2)[nH]n1. The number of hydrogen-bond acceptors (Lipinski definition) is 3. The molecule has 2 rings (SSSR count). The molecule has 2 aromatic rings. The van der Waals surface area contributed by atoms with Crippen molar-refractivity contribution in [2.75, 3.05) is 0 Å². The van der Waals surface area contributed by atoms with Crippen molar-refractivity contribution in [3.8, 4) is 5.75 Å². The normalized spacial score (nSPS) is 11.1. The van der Waals surface area contributed by atoms with Crippen LogP contribution < -0.4 is 10.1 Å². The first-order valence-electron chi connectivity index (χ1n) is 6.55. The number of ether oxygens (including phenoxy) is 1. The van der Waals surface area contributed by atoms with E-state index in [2.05, 4.69) is 20.3 Å². The number of nitrogens with one attached hydrogen (secondary N) is 2. The number of nitrogens with zero attached hydrogens (tertiary/aromatic N) is 1. The summed E-state index contributed by atoms with van der Waals surface area (Å²) in [6.07, 6.45) is 0.854. The molecule has 0 atom stereocenters. The van der Waals surface area contributed by atoms with Crippen molar-refractivity contribution in [1.29, 1.82) is 0 Å². The predicted octanol–water partition coefficient (Wildman–Crippen LogP) is 3.00. The lowest BCUT2D eigenvalue weighted by Crippen LogP contribution is -2.13. The number of aryl methyl sites for hydroxylation is 1. The second-order valence-corrected chi connectivity index (χ2v) is 4.48. The molecule has 7 heteroatoms. The molecule has 0 spiro atoms. The van der Waals surface area contributed by atoms with Crippen LogP contribution in [0, 0.1) is 5.82 Å². The molecule has 0 bridgehead atoms. The van der Waals surface area contributed by atoms with Crippen LogP contribution in [0.5, 0.6) is 5.75 Å². The summed E-state index contributed by atoms with van der Waals surface area (Å²) in [4.78, 5) is 0. The van der Waals surface area contributed by atoms with E-state index in [0.29, 0.717) is 18.7 Å². The molecule has 0 aliphatic heterocycles. The average molecular weight is 299 g/mol. The zero-order valence-corrected chi connectivity index (χ0v) is 11.5. The van der Waals surface area contributed by atoms with Crippen LogP contribution in [0.3, 0.4) is 0 Å². The number of aromatic nitrogens is 2. The minimum absolute atomic E-state index is 0.409. The number of aromatic amines is 1. The van der Waals surface area contributed by atoms with Gasteiger partial charge >= 0.3 is 6.61 Å². The van der Waals surface area contributed by atoms with E-state index >= 15 is 0 Å². The van der Waals surface area contributed by atoms with Gasteiger partial charge in [-0.15, -0.1) is 0 Å². The number of rotatable bonds is 7. The molecule has 1 aromatic carbocycles. The molecule has 0 saturated heterocycles. The molecule has 0 saturated carbocycles. The number of halogens is 3. The zero-order valence-electron chi connectivity index (χ0n) is 11.5. The van der Waals surface area contributed by atoms with Gasteiger partial charge in [-0.05, 0) is 30.2 Å². The van der Waals surface area contributed by atoms with Gasteiger partial charge in [0.05, 0.1) is 5.69 Å². The van der Waals surface area contributed by atoms with Crippen molar-refractivity contribution in [2.45, 2.75) is 33.0 Å². The molecule has 1 heterocycles. The molecule has 0 amide bonds. The molecular formula is C14H16F3N3O. The molecule has 4 nitrogen and oxygen atoms in total. The van der Waals surface area contributed by atoms with E-state index in [9.17, 15) is 13.2 Å². The Kier molecular flexibility index (Phi) is 5.21. The van der Waals surface area contributed by atoms with Crippen molar-refractivity contribution in [2.24, 2.45) is 0 Å². The standard InChI is InChI=1S/C14H16F3N3O/c1-2-10-6-11(20-19-10)8-18-7-9-3-4-13(12(15)5-9)21-14(16)17/h3-6,14,18H,2,7-8H2,1H3,(H,19,20). The minimum Gasteiger partial charge on any atom is -0.432 e. The molecule has 0 radical (unpaired) electrons. The van der Waals surface area contributed by atoms with Crippen LogP contribution >= 0.6 is 0 Å². The van der Waals surface area contributed by atoms with Crippen LogP contribution in [0.2, 0.25) is 0 Å². The van der Waals surface area contributed by atoms with Crippen LogP contribution in [0.15, 0.2) is 24.3 Å². The second kappa shape index (κ2) is 7.12. The summed E-state index contributed by atoms with van der Waals surface area (Å²) >= 11 is 0. The van der Waals surface area contributed by atoms with E-state index in [1.807, 2.05) is 13.0 Å². The molecule has 2 N–H and O–H groups in total. The molecule has 0 unspecified atom stereocenters. The van der Waals surface area contributed by atoms with Crippen LogP contribution in [-0.2, 0) is 19.5 Å². The summed E-state index contributed by atoms with van der Waals surface area (Å²) in [5.74, 6) is -1.25.